The van der Waals surface area contributed by atoms with Crippen molar-refractivity contribution in [2.75, 3.05) is 46.6 Å². The van der Waals surface area contributed by atoms with Gasteiger partial charge in [-0.15, -0.1) is 0 Å². The first-order valence-corrected chi connectivity index (χ1v) is 6.03. The minimum atomic E-state index is -0.119. The van der Waals surface area contributed by atoms with Crippen molar-refractivity contribution < 1.29 is 14.2 Å². The monoisotopic (exact) mass is 233 g/mol. The molecule has 4 heteroatoms. The molecule has 0 unspecified atom stereocenters. The quantitative estimate of drug-likeness (QED) is 0.548. The van der Waals surface area contributed by atoms with Crippen molar-refractivity contribution in [1.29, 1.82) is 0 Å². The van der Waals surface area contributed by atoms with Crippen molar-refractivity contribution in [3.8, 4) is 0 Å². The molecule has 0 saturated heterocycles. The Bertz CT molecular complexity index is 151. The third-order valence-electron chi connectivity index (χ3n) is 2.16. The Morgan fingerprint density at radius 2 is 1.81 bits per heavy atom. The van der Waals surface area contributed by atoms with Gasteiger partial charge in [0.15, 0.2) is 0 Å². The van der Waals surface area contributed by atoms with E-state index in [1.165, 1.54) is 0 Å². The molecular formula is C12H27NO3. The molecule has 0 heterocycles. The van der Waals surface area contributed by atoms with Gasteiger partial charge in [-0.1, -0.05) is 6.92 Å². The summed E-state index contributed by atoms with van der Waals surface area (Å²) in [5.74, 6) is 0. The van der Waals surface area contributed by atoms with Gasteiger partial charge in [-0.05, 0) is 26.8 Å². The maximum absolute atomic E-state index is 5.72. The Hall–Kier alpha value is -0.160. The van der Waals surface area contributed by atoms with Gasteiger partial charge < -0.3 is 19.5 Å². The third-order valence-corrected chi connectivity index (χ3v) is 2.16. The van der Waals surface area contributed by atoms with E-state index in [2.05, 4.69) is 26.1 Å². The molecule has 0 rings (SSSR count). The molecule has 0 aromatic rings. The summed E-state index contributed by atoms with van der Waals surface area (Å²) in [4.78, 5) is 0. The molecule has 0 aromatic heterocycles. The predicted octanol–water partition coefficient (Wildman–Crippen LogP) is 1.44. The molecule has 0 aliphatic carbocycles. The lowest BCUT2D eigenvalue weighted by molar-refractivity contribution is -0.0456. The smallest absolute Gasteiger partial charge is 0.0751 e. The number of methoxy groups -OCH3 is 1. The number of likely N-dealkylation sites (N-methyl/N-ethyl adjacent to an activating group) is 1. The summed E-state index contributed by atoms with van der Waals surface area (Å²) in [7, 11) is 1.70. The van der Waals surface area contributed by atoms with Crippen LogP contribution in [-0.2, 0) is 14.2 Å². The molecular weight excluding hydrogens is 206 g/mol. The largest absolute Gasteiger partial charge is 0.385 e. The normalized spacial score (nSPS) is 12.0. The third kappa shape index (κ3) is 10.4. The van der Waals surface area contributed by atoms with Crippen LogP contribution in [0.3, 0.4) is 0 Å². The number of ether oxygens (including phenoxy) is 3. The summed E-state index contributed by atoms with van der Waals surface area (Å²) >= 11 is 0. The van der Waals surface area contributed by atoms with Gasteiger partial charge in [0.2, 0.25) is 0 Å². The van der Waals surface area contributed by atoms with Crippen molar-refractivity contribution in [2.45, 2.75) is 32.8 Å². The molecule has 98 valence electrons. The average Bonchev–Trinajstić information content (AvgIpc) is 2.25. The summed E-state index contributed by atoms with van der Waals surface area (Å²) in [6.45, 7) is 10.9. The van der Waals surface area contributed by atoms with Crippen molar-refractivity contribution in [3.63, 3.8) is 0 Å². The maximum Gasteiger partial charge on any atom is 0.0751 e. The minimum Gasteiger partial charge on any atom is -0.385 e. The highest BCUT2D eigenvalue weighted by Crippen LogP contribution is 2.06. The van der Waals surface area contributed by atoms with Crippen LogP contribution in [0.25, 0.3) is 0 Å². The molecule has 16 heavy (non-hydrogen) atoms. The van der Waals surface area contributed by atoms with Crippen LogP contribution in [0.5, 0.6) is 0 Å². The SMILES string of the molecule is CCNCC(C)(C)OCCOCCCOC. The molecule has 0 aliphatic heterocycles. The van der Waals surface area contributed by atoms with E-state index in [1.54, 1.807) is 7.11 Å². The molecule has 1 N–H and O–H groups in total. The zero-order valence-electron chi connectivity index (χ0n) is 11.2. The number of rotatable bonds is 11. The lowest BCUT2D eigenvalue weighted by Gasteiger charge is -2.25. The Labute approximate surface area is 99.6 Å². The molecule has 0 saturated carbocycles. The van der Waals surface area contributed by atoms with Crippen molar-refractivity contribution in [3.05, 3.63) is 0 Å². The average molecular weight is 233 g/mol. The molecule has 0 amide bonds. The molecule has 0 radical (unpaired) electrons. The molecule has 0 bridgehead atoms. The molecule has 0 aromatic carbocycles. The van der Waals surface area contributed by atoms with Crippen LogP contribution >= 0.6 is 0 Å². The Kier molecular flexibility index (Phi) is 9.92. The molecule has 0 fully saturated rings. The number of nitrogens with one attached hydrogen (secondary N) is 1. The van der Waals surface area contributed by atoms with Crippen molar-refractivity contribution in [1.82, 2.24) is 5.32 Å². The molecule has 0 atom stereocenters. The summed E-state index contributed by atoms with van der Waals surface area (Å²) < 4.78 is 16.1. The van der Waals surface area contributed by atoms with E-state index < -0.39 is 0 Å². The van der Waals surface area contributed by atoms with Gasteiger partial charge in [-0.3, -0.25) is 0 Å². The lowest BCUT2D eigenvalue weighted by atomic mass is 10.1. The van der Waals surface area contributed by atoms with Gasteiger partial charge >= 0.3 is 0 Å². The Balaban J connectivity index is 3.29. The first kappa shape index (κ1) is 15.8. The minimum absolute atomic E-state index is 0.119. The van der Waals surface area contributed by atoms with Gasteiger partial charge in [0.1, 0.15) is 0 Å². The van der Waals surface area contributed by atoms with E-state index in [4.69, 9.17) is 14.2 Å². The van der Waals surface area contributed by atoms with Crippen LogP contribution in [0.2, 0.25) is 0 Å². The fraction of sp³-hybridized carbons (Fsp3) is 1.00. The lowest BCUT2D eigenvalue weighted by Crippen LogP contribution is -2.38. The van der Waals surface area contributed by atoms with Gasteiger partial charge in [0.25, 0.3) is 0 Å². The molecule has 4 nitrogen and oxygen atoms in total. The highest BCUT2D eigenvalue weighted by molar-refractivity contribution is 4.71. The van der Waals surface area contributed by atoms with Crippen LogP contribution < -0.4 is 5.32 Å². The van der Waals surface area contributed by atoms with E-state index >= 15 is 0 Å². The molecule has 0 spiro atoms. The topological polar surface area (TPSA) is 39.7 Å². The second-order valence-electron chi connectivity index (χ2n) is 4.35. The van der Waals surface area contributed by atoms with Crippen molar-refractivity contribution in [2.24, 2.45) is 0 Å². The summed E-state index contributed by atoms with van der Waals surface area (Å²) in [6, 6.07) is 0. The fourth-order valence-electron chi connectivity index (χ4n) is 1.26. The van der Waals surface area contributed by atoms with Crippen LogP contribution in [0, 0.1) is 0 Å². The van der Waals surface area contributed by atoms with E-state index in [0.29, 0.717) is 13.2 Å². The summed E-state index contributed by atoms with van der Waals surface area (Å²) in [5.41, 5.74) is -0.119. The number of hydrogen-bond acceptors (Lipinski definition) is 4. The fourth-order valence-corrected chi connectivity index (χ4v) is 1.26. The predicted molar refractivity (Wildman–Crippen MR) is 65.9 cm³/mol. The van der Waals surface area contributed by atoms with Crippen LogP contribution in [0.1, 0.15) is 27.2 Å². The van der Waals surface area contributed by atoms with E-state index in [-0.39, 0.29) is 5.60 Å². The van der Waals surface area contributed by atoms with Gasteiger partial charge in [0.05, 0.1) is 18.8 Å². The highest BCUT2D eigenvalue weighted by Gasteiger charge is 2.16. The Morgan fingerprint density at radius 1 is 1.06 bits per heavy atom. The van der Waals surface area contributed by atoms with Crippen LogP contribution in [0.15, 0.2) is 0 Å². The summed E-state index contributed by atoms with van der Waals surface area (Å²) in [5, 5.41) is 3.27. The zero-order chi connectivity index (χ0) is 12.3. The van der Waals surface area contributed by atoms with E-state index in [1.807, 2.05) is 0 Å². The molecule has 0 aliphatic rings. The van der Waals surface area contributed by atoms with E-state index in [9.17, 15) is 0 Å². The first-order chi connectivity index (χ1) is 7.62. The second kappa shape index (κ2) is 10.0. The number of hydrogen-bond donors (Lipinski definition) is 1. The Morgan fingerprint density at radius 3 is 2.44 bits per heavy atom. The second-order valence-corrected chi connectivity index (χ2v) is 4.35. The standard InChI is InChI=1S/C12H27NO3/c1-5-13-11-12(2,3)16-10-9-15-8-6-7-14-4/h13H,5-11H2,1-4H3. The van der Waals surface area contributed by atoms with Crippen LogP contribution in [0.4, 0.5) is 0 Å². The van der Waals surface area contributed by atoms with E-state index in [0.717, 1.165) is 32.7 Å². The summed E-state index contributed by atoms with van der Waals surface area (Å²) in [6.07, 6.45) is 0.942. The zero-order valence-corrected chi connectivity index (χ0v) is 11.2. The van der Waals surface area contributed by atoms with Crippen LogP contribution in [-0.4, -0.2) is 52.2 Å². The van der Waals surface area contributed by atoms with Gasteiger partial charge in [-0.2, -0.15) is 0 Å². The van der Waals surface area contributed by atoms with Gasteiger partial charge in [0, 0.05) is 26.9 Å². The van der Waals surface area contributed by atoms with Crippen molar-refractivity contribution >= 4 is 0 Å². The first-order valence-electron chi connectivity index (χ1n) is 6.03. The maximum atomic E-state index is 5.72. The highest BCUT2D eigenvalue weighted by atomic mass is 16.5. The van der Waals surface area contributed by atoms with Gasteiger partial charge in [-0.25, -0.2) is 0 Å².